The van der Waals surface area contributed by atoms with Crippen LogP contribution >= 0.6 is 0 Å². The van der Waals surface area contributed by atoms with Gasteiger partial charge in [0, 0.05) is 0 Å². The van der Waals surface area contributed by atoms with E-state index in [0.29, 0.717) is 0 Å². The number of nitrogens with two attached hydrogens (primary N) is 1. The van der Waals surface area contributed by atoms with Gasteiger partial charge in [-0.25, -0.2) is 0 Å². The molecule has 1 aliphatic rings. The molecule has 2 rings (SSSR count). The van der Waals surface area contributed by atoms with Gasteiger partial charge >= 0.3 is 0 Å². The van der Waals surface area contributed by atoms with Crippen LogP contribution in [-0.2, 0) is 16.1 Å². The Morgan fingerprint density at radius 1 is 1.16 bits per heavy atom. The van der Waals surface area contributed by atoms with Gasteiger partial charge < -0.3 is 30.5 Å². The van der Waals surface area contributed by atoms with E-state index < -0.39 is 37.3 Å². The summed E-state index contributed by atoms with van der Waals surface area (Å²) >= 11 is 0. The predicted molar refractivity (Wildman–Crippen MR) is 67.0 cm³/mol. The Hall–Kier alpha value is -1.02. The van der Waals surface area contributed by atoms with E-state index in [1.165, 1.54) is 0 Å². The molecule has 0 radical (unpaired) electrons. The second kappa shape index (κ2) is 6.42. The quantitative estimate of drug-likeness (QED) is 0.557. The SMILES string of the molecule is N[C@@H]1[C@H](OCc2ccccc2)O[C@@H](CO)[C@@H](O)[C@@H]1O. The zero-order valence-corrected chi connectivity index (χ0v) is 10.4. The highest BCUT2D eigenvalue weighted by molar-refractivity contribution is 5.13. The van der Waals surface area contributed by atoms with Crippen molar-refractivity contribution in [1.29, 1.82) is 0 Å². The van der Waals surface area contributed by atoms with Crippen molar-refractivity contribution in [2.75, 3.05) is 6.61 Å². The zero-order chi connectivity index (χ0) is 13.8. The minimum atomic E-state index is -1.21. The first-order valence-electron chi connectivity index (χ1n) is 6.17. The Bertz CT molecular complexity index is 386. The largest absolute Gasteiger partial charge is 0.394 e. The summed E-state index contributed by atoms with van der Waals surface area (Å²) in [6.07, 6.45) is -4.16. The van der Waals surface area contributed by atoms with Gasteiger partial charge in [-0.05, 0) is 5.56 Å². The van der Waals surface area contributed by atoms with Gasteiger partial charge in [-0.1, -0.05) is 30.3 Å². The maximum absolute atomic E-state index is 9.77. The Morgan fingerprint density at radius 2 is 1.84 bits per heavy atom. The molecule has 1 aliphatic heterocycles. The second-order valence-electron chi connectivity index (χ2n) is 4.58. The van der Waals surface area contributed by atoms with Crippen LogP contribution in [0.5, 0.6) is 0 Å². The van der Waals surface area contributed by atoms with Crippen molar-refractivity contribution in [1.82, 2.24) is 0 Å². The minimum Gasteiger partial charge on any atom is -0.394 e. The van der Waals surface area contributed by atoms with Crippen molar-refractivity contribution in [2.24, 2.45) is 5.73 Å². The highest BCUT2D eigenvalue weighted by atomic mass is 16.7. The molecule has 0 amide bonds. The fraction of sp³-hybridized carbons (Fsp3) is 0.538. The average Bonchev–Trinajstić information content (AvgIpc) is 2.45. The van der Waals surface area contributed by atoms with E-state index in [0.717, 1.165) is 5.56 Å². The van der Waals surface area contributed by atoms with Crippen molar-refractivity contribution in [3.63, 3.8) is 0 Å². The summed E-state index contributed by atoms with van der Waals surface area (Å²) in [5, 5.41) is 28.5. The van der Waals surface area contributed by atoms with Crippen molar-refractivity contribution in [3.05, 3.63) is 35.9 Å². The van der Waals surface area contributed by atoms with Crippen LogP contribution < -0.4 is 5.73 Å². The van der Waals surface area contributed by atoms with Gasteiger partial charge in [0.25, 0.3) is 0 Å². The summed E-state index contributed by atoms with van der Waals surface area (Å²) in [5.41, 5.74) is 6.70. The fourth-order valence-corrected chi connectivity index (χ4v) is 2.01. The molecule has 6 nitrogen and oxygen atoms in total. The highest BCUT2D eigenvalue weighted by Gasteiger charge is 2.42. The van der Waals surface area contributed by atoms with Crippen LogP contribution in [0.3, 0.4) is 0 Å². The van der Waals surface area contributed by atoms with Gasteiger partial charge in [0.15, 0.2) is 6.29 Å². The van der Waals surface area contributed by atoms with Crippen LogP contribution in [0.15, 0.2) is 30.3 Å². The summed E-state index contributed by atoms with van der Waals surface area (Å²) in [6, 6.07) is 8.59. The molecule has 5 N–H and O–H groups in total. The number of aliphatic hydroxyl groups excluding tert-OH is 3. The monoisotopic (exact) mass is 269 g/mol. The molecular weight excluding hydrogens is 250 g/mol. The van der Waals surface area contributed by atoms with Gasteiger partial charge in [-0.15, -0.1) is 0 Å². The number of ether oxygens (including phenoxy) is 2. The first-order chi connectivity index (χ1) is 9.13. The lowest BCUT2D eigenvalue weighted by atomic mass is 9.98. The molecule has 1 heterocycles. The topological polar surface area (TPSA) is 105 Å². The van der Waals surface area contributed by atoms with Crippen LogP contribution in [0, 0.1) is 0 Å². The normalized spacial score (nSPS) is 35.3. The summed E-state index contributed by atoms with van der Waals surface area (Å²) in [4.78, 5) is 0. The first-order valence-corrected chi connectivity index (χ1v) is 6.17. The van der Waals surface area contributed by atoms with Gasteiger partial charge in [0.2, 0.25) is 0 Å². The van der Waals surface area contributed by atoms with E-state index in [9.17, 15) is 10.2 Å². The van der Waals surface area contributed by atoms with E-state index in [1.807, 2.05) is 30.3 Å². The van der Waals surface area contributed by atoms with Crippen LogP contribution in [0.4, 0.5) is 0 Å². The van der Waals surface area contributed by atoms with E-state index >= 15 is 0 Å². The molecular formula is C13H19NO5. The van der Waals surface area contributed by atoms with Crippen molar-refractivity contribution < 1.29 is 24.8 Å². The zero-order valence-electron chi connectivity index (χ0n) is 10.4. The van der Waals surface area contributed by atoms with Crippen molar-refractivity contribution in [2.45, 2.75) is 37.3 Å². The third-order valence-electron chi connectivity index (χ3n) is 3.19. The lowest BCUT2D eigenvalue weighted by molar-refractivity contribution is -0.269. The number of hydrogen-bond acceptors (Lipinski definition) is 6. The average molecular weight is 269 g/mol. The Morgan fingerprint density at radius 3 is 2.47 bits per heavy atom. The fourth-order valence-electron chi connectivity index (χ4n) is 2.01. The third-order valence-corrected chi connectivity index (χ3v) is 3.19. The number of aliphatic hydroxyl groups is 3. The highest BCUT2D eigenvalue weighted by Crippen LogP contribution is 2.21. The van der Waals surface area contributed by atoms with Crippen LogP contribution in [0.2, 0.25) is 0 Å². The molecule has 5 atom stereocenters. The standard InChI is InChI=1S/C13H19NO5/c14-10-12(17)11(16)9(6-15)19-13(10)18-7-8-4-2-1-3-5-8/h1-5,9-13,15-17H,6-7,14H2/t9-,10-,11+,12+,13+/m0/s1. The van der Waals surface area contributed by atoms with Gasteiger partial charge in [0.05, 0.1) is 19.3 Å². The smallest absolute Gasteiger partial charge is 0.176 e. The van der Waals surface area contributed by atoms with E-state index in [1.54, 1.807) is 0 Å². The summed E-state index contributed by atoms with van der Waals surface area (Å²) in [5.74, 6) is 0. The van der Waals surface area contributed by atoms with Crippen molar-refractivity contribution >= 4 is 0 Å². The van der Waals surface area contributed by atoms with Crippen LogP contribution in [0.1, 0.15) is 5.56 Å². The van der Waals surface area contributed by atoms with Crippen molar-refractivity contribution in [3.8, 4) is 0 Å². The molecule has 0 aliphatic carbocycles. The van der Waals surface area contributed by atoms with E-state index in [-0.39, 0.29) is 6.61 Å². The molecule has 106 valence electrons. The van der Waals surface area contributed by atoms with Crippen LogP contribution in [-0.4, -0.2) is 52.6 Å². The number of benzene rings is 1. The molecule has 19 heavy (non-hydrogen) atoms. The second-order valence-corrected chi connectivity index (χ2v) is 4.58. The molecule has 1 aromatic rings. The van der Waals surface area contributed by atoms with Crippen LogP contribution in [0.25, 0.3) is 0 Å². The maximum Gasteiger partial charge on any atom is 0.176 e. The molecule has 0 saturated carbocycles. The third kappa shape index (κ3) is 3.30. The summed E-state index contributed by atoms with van der Waals surface area (Å²) < 4.78 is 10.8. The lowest BCUT2D eigenvalue weighted by Crippen LogP contribution is -2.62. The molecule has 0 bridgehead atoms. The Kier molecular flexibility index (Phi) is 4.87. The molecule has 1 saturated heterocycles. The van der Waals surface area contributed by atoms with Gasteiger partial charge in [-0.3, -0.25) is 0 Å². The number of hydrogen-bond donors (Lipinski definition) is 4. The molecule has 0 unspecified atom stereocenters. The maximum atomic E-state index is 9.77. The predicted octanol–water partition coefficient (Wildman–Crippen LogP) is -1.03. The van der Waals surface area contributed by atoms with E-state index in [4.69, 9.17) is 20.3 Å². The molecule has 1 aromatic carbocycles. The van der Waals surface area contributed by atoms with E-state index in [2.05, 4.69) is 0 Å². The Balaban J connectivity index is 1.95. The molecule has 6 heteroatoms. The number of rotatable bonds is 4. The molecule has 0 spiro atoms. The van der Waals surface area contributed by atoms with Gasteiger partial charge in [0.1, 0.15) is 18.3 Å². The molecule has 0 aromatic heterocycles. The Labute approximate surface area is 111 Å². The summed E-state index contributed by atoms with van der Waals surface area (Å²) in [6.45, 7) is -0.129. The first kappa shape index (κ1) is 14.4. The molecule has 1 fully saturated rings. The van der Waals surface area contributed by atoms with Gasteiger partial charge in [-0.2, -0.15) is 0 Å². The summed E-state index contributed by atoms with van der Waals surface area (Å²) in [7, 11) is 0. The lowest BCUT2D eigenvalue weighted by Gasteiger charge is -2.40. The minimum absolute atomic E-state index is 0.278.